The van der Waals surface area contributed by atoms with Crippen LogP contribution in [0.3, 0.4) is 0 Å². The van der Waals surface area contributed by atoms with Gasteiger partial charge in [0.25, 0.3) is 0 Å². The molecule has 0 radical (unpaired) electrons. The van der Waals surface area contributed by atoms with Gasteiger partial charge >= 0.3 is 0 Å². The average Bonchev–Trinajstić information content (AvgIpc) is 3.33. The van der Waals surface area contributed by atoms with Crippen molar-refractivity contribution in [3.8, 4) is 5.69 Å². The summed E-state index contributed by atoms with van der Waals surface area (Å²) in [5.41, 5.74) is 5.33. The first-order chi connectivity index (χ1) is 14.9. The van der Waals surface area contributed by atoms with E-state index in [0.29, 0.717) is 0 Å². The van der Waals surface area contributed by atoms with E-state index in [9.17, 15) is 0 Å². The molecule has 140 valence electrons. The summed E-state index contributed by atoms with van der Waals surface area (Å²) in [6.07, 6.45) is 0. The van der Waals surface area contributed by atoms with Crippen LogP contribution in [0.2, 0.25) is 0 Å². The highest BCUT2D eigenvalue weighted by molar-refractivity contribution is 6.22. The summed E-state index contributed by atoms with van der Waals surface area (Å²) in [7, 11) is 0. The first-order valence-electron chi connectivity index (χ1n) is 10.2. The number of hydrogen-bond acceptors (Lipinski definition) is 1. The molecule has 5 aromatic carbocycles. The molecular formula is C28H17NO. The smallest absolute Gasteiger partial charge is 0.160 e. The normalized spacial score (nSPS) is 12.0. The van der Waals surface area contributed by atoms with Gasteiger partial charge in [0, 0.05) is 27.2 Å². The Labute approximate surface area is 172 Å². The van der Waals surface area contributed by atoms with Crippen LogP contribution >= 0.6 is 0 Å². The molecule has 0 fully saturated rings. The van der Waals surface area contributed by atoms with Gasteiger partial charge in [-0.2, -0.15) is 0 Å². The highest BCUT2D eigenvalue weighted by Gasteiger charge is 2.18. The van der Waals surface area contributed by atoms with Gasteiger partial charge in [-0.05, 0) is 47.2 Å². The summed E-state index contributed by atoms with van der Waals surface area (Å²) in [6.45, 7) is 0. The zero-order valence-corrected chi connectivity index (χ0v) is 16.2. The first-order valence-corrected chi connectivity index (χ1v) is 10.2. The maximum Gasteiger partial charge on any atom is 0.160 e. The maximum absolute atomic E-state index is 6.54. The molecular weight excluding hydrogens is 366 g/mol. The molecule has 2 heterocycles. The Hall–Kier alpha value is -4.04. The van der Waals surface area contributed by atoms with Gasteiger partial charge in [-0.1, -0.05) is 66.7 Å². The number of furan rings is 1. The quantitative estimate of drug-likeness (QED) is 0.282. The topological polar surface area (TPSA) is 18.1 Å². The first kappa shape index (κ1) is 15.8. The molecule has 0 saturated heterocycles. The van der Waals surface area contributed by atoms with Crippen molar-refractivity contribution in [2.75, 3.05) is 0 Å². The van der Waals surface area contributed by atoms with Gasteiger partial charge in [0.2, 0.25) is 0 Å². The standard InChI is InChI=1S/C28H17NO/c1-2-10-20(11-3-1)29-25-13-7-6-12-21(25)22-14-15-23-24-16-18-8-4-5-9-19(18)17-26(24)30-28(23)27(22)29/h1-17H. The van der Waals surface area contributed by atoms with Crippen LogP contribution in [-0.2, 0) is 0 Å². The van der Waals surface area contributed by atoms with Gasteiger partial charge in [0.15, 0.2) is 5.58 Å². The van der Waals surface area contributed by atoms with Crippen LogP contribution < -0.4 is 0 Å². The van der Waals surface area contributed by atoms with Crippen LogP contribution in [0.15, 0.2) is 108 Å². The minimum Gasteiger partial charge on any atom is -0.454 e. The van der Waals surface area contributed by atoms with E-state index >= 15 is 0 Å². The Kier molecular flexibility index (Phi) is 3.03. The highest BCUT2D eigenvalue weighted by atomic mass is 16.3. The lowest BCUT2D eigenvalue weighted by Gasteiger charge is -2.07. The van der Waals surface area contributed by atoms with E-state index in [1.165, 1.54) is 27.1 Å². The lowest BCUT2D eigenvalue weighted by atomic mass is 10.1. The number of fused-ring (bicyclic) bond motifs is 8. The van der Waals surface area contributed by atoms with Crippen molar-refractivity contribution in [2.45, 2.75) is 0 Å². The van der Waals surface area contributed by atoms with Crippen molar-refractivity contribution in [3.05, 3.63) is 103 Å². The molecule has 0 saturated carbocycles. The fourth-order valence-corrected chi connectivity index (χ4v) is 4.81. The lowest BCUT2D eigenvalue weighted by Crippen LogP contribution is -1.93. The van der Waals surface area contributed by atoms with Crippen molar-refractivity contribution < 1.29 is 4.42 Å². The fourth-order valence-electron chi connectivity index (χ4n) is 4.81. The van der Waals surface area contributed by atoms with E-state index in [2.05, 4.69) is 108 Å². The van der Waals surface area contributed by atoms with Crippen LogP contribution in [0, 0.1) is 0 Å². The summed E-state index contributed by atoms with van der Waals surface area (Å²) < 4.78 is 8.87. The highest BCUT2D eigenvalue weighted by Crippen LogP contribution is 2.40. The van der Waals surface area contributed by atoms with Crippen LogP contribution in [0.5, 0.6) is 0 Å². The Morgan fingerprint density at radius 1 is 0.533 bits per heavy atom. The molecule has 0 unspecified atom stereocenters. The second-order valence-electron chi connectivity index (χ2n) is 7.82. The molecule has 0 atom stereocenters. The number of para-hydroxylation sites is 2. The molecule has 30 heavy (non-hydrogen) atoms. The molecule has 0 spiro atoms. The van der Waals surface area contributed by atoms with Crippen molar-refractivity contribution >= 4 is 54.5 Å². The molecule has 0 N–H and O–H groups in total. The van der Waals surface area contributed by atoms with Crippen LogP contribution in [0.25, 0.3) is 60.2 Å². The van der Waals surface area contributed by atoms with E-state index in [-0.39, 0.29) is 0 Å². The summed E-state index contributed by atoms with van der Waals surface area (Å²) in [6, 6.07) is 36.4. The molecule has 2 heteroatoms. The Balaban J connectivity index is 1.73. The third kappa shape index (κ3) is 2.03. The minimum absolute atomic E-state index is 0.932. The van der Waals surface area contributed by atoms with Crippen molar-refractivity contribution in [3.63, 3.8) is 0 Å². The number of rotatable bonds is 1. The van der Waals surface area contributed by atoms with E-state index in [4.69, 9.17) is 4.42 Å². The van der Waals surface area contributed by atoms with Gasteiger partial charge in [0.1, 0.15) is 5.58 Å². The van der Waals surface area contributed by atoms with Crippen LogP contribution in [0.4, 0.5) is 0 Å². The largest absolute Gasteiger partial charge is 0.454 e. The zero-order valence-electron chi connectivity index (χ0n) is 16.2. The molecule has 0 bridgehead atoms. The van der Waals surface area contributed by atoms with E-state index in [1.54, 1.807) is 0 Å². The SMILES string of the molecule is c1ccc(-n2c3ccccc3c3ccc4c5cc6ccccc6cc5oc4c32)cc1. The fraction of sp³-hybridized carbons (Fsp3) is 0. The third-order valence-electron chi connectivity index (χ3n) is 6.15. The number of hydrogen-bond donors (Lipinski definition) is 0. The molecule has 0 aliphatic heterocycles. The summed E-state index contributed by atoms with van der Waals surface area (Å²) in [4.78, 5) is 0. The van der Waals surface area contributed by atoms with E-state index in [1.807, 2.05) is 0 Å². The molecule has 2 aromatic heterocycles. The van der Waals surface area contributed by atoms with Gasteiger partial charge < -0.3 is 8.98 Å². The van der Waals surface area contributed by atoms with Gasteiger partial charge in [-0.25, -0.2) is 0 Å². The number of benzene rings is 5. The maximum atomic E-state index is 6.54. The Bertz CT molecular complexity index is 1740. The average molecular weight is 383 g/mol. The van der Waals surface area contributed by atoms with Crippen molar-refractivity contribution in [2.24, 2.45) is 0 Å². The third-order valence-corrected chi connectivity index (χ3v) is 6.15. The van der Waals surface area contributed by atoms with E-state index in [0.717, 1.165) is 33.1 Å². The van der Waals surface area contributed by atoms with Crippen LogP contribution in [0.1, 0.15) is 0 Å². The van der Waals surface area contributed by atoms with Gasteiger partial charge in [0.05, 0.1) is 11.0 Å². The molecule has 7 rings (SSSR count). The molecule has 0 amide bonds. The summed E-state index contributed by atoms with van der Waals surface area (Å²) in [5, 5.41) is 7.20. The molecule has 7 aromatic rings. The molecule has 0 aliphatic carbocycles. The van der Waals surface area contributed by atoms with Gasteiger partial charge in [-0.3, -0.25) is 0 Å². The number of aromatic nitrogens is 1. The minimum atomic E-state index is 0.932. The Morgan fingerprint density at radius 2 is 1.23 bits per heavy atom. The number of nitrogens with zero attached hydrogens (tertiary/aromatic N) is 1. The monoisotopic (exact) mass is 383 g/mol. The zero-order chi connectivity index (χ0) is 19.7. The van der Waals surface area contributed by atoms with Crippen molar-refractivity contribution in [1.82, 2.24) is 4.57 Å². The second kappa shape index (κ2) is 5.74. The van der Waals surface area contributed by atoms with E-state index < -0.39 is 0 Å². The Morgan fingerprint density at radius 3 is 2.10 bits per heavy atom. The predicted octanol–water partition coefficient (Wildman–Crippen LogP) is 7.84. The summed E-state index contributed by atoms with van der Waals surface area (Å²) in [5.74, 6) is 0. The van der Waals surface area contributed by atoms with Crippen LogP contribution in [-0.4, -0.2) is 4.57 Å². The second-order valence-corrected chi connectivity index (χ2v) is 7.82. The van der Waals surface area contributed by atoms with Crippen molar-refractivity contribution in [1.29, 1.82) is 0 Å². The molecule has 0 aliphatic rings. The predicted molar refractivity (Wildman–Crippen MR) is 126 cm³/mol. The summed E-state index contributed by atoms with van der Waals surface area (Å²) >= 11 is 0. The van der Waals surface area contributed by atoms with Gasteiger partial charge in [-0.15, -0.1) is 0 Å². The lowest BCUT2D eigenvalue weighted by molar-refractivity contribution is 0.671. The molecule has 2 nitrogen and oxygen atoms in total.